The zero-order valence-electron chi connectivity index (χ0n) is 9.90. The molecule has 0 saturated heterocycles. The average molecular weight is 327 g/mol. The Kier molecular flexibility index (Phi) is 4.09. The first-order valence-corrected chi connectivity index (χ1v) is 6.60. The summed E-state index contributed by atoms with van der Waals surface area (Å²) in [5.41, 5.74) is 7.37. The van der Waals surface area contributed by atoms with Gasteiger partial charge in [-0.15, -0.1) is 0 Å². The Hall–Kier alpha value is -1.26. The molecule has 1 aromatic heterocycles. The van der Waals surface area contributed by atoms with Crippen molar-refractivity contribution in [2.75, 3.05) is 17.7 Å². The van der Waals surface area contributed by atoms with Crippen LogP contribution >= 0.6 is 27.5 Å². The zero-order valence-corrected chi connectivity index (χ0v) is 12.2. The summed E-state index contributed by atoms with van der Waals surface area (Å²) in [7, 11) is 1.96. The fourth-order valence-corrected chi connectivity index (χ4v) is 2.55. The van der Waals surface area contributed by atoms with E-state index in [9.17, 15) is 0 Å². The number of hydrogen-bond acceptors (Lipinski definition) is 3. The highest BCUT2D eigenvalue weighted by Crippen LogP contribution is 2.26. The number of halogens is 2. The van der Waals surface area contributed by atoms with Gasteiger partial charge in [0.05, 0.1) is 16.4 Å². The molecule has 2 N–H and O–H groups in total. The van der Waals surface area contributed by atoms with Crippen molar-refractivity contribution in [2.45, 2.75) is 6.54 Å². The SMILES string of the molecule is CN(Cc1ccccc1Cl)c1ncc(N)cc1Br. The molecule has 5 heteroatoms. The summed E-state index contributed by atoms with van der Waals surface area (Å²) in [5, 5.41) is 0.760. The summed E-state index contributed by atoms with van der Waals surface area (Å²) in [6.07, 6.45) is 1.64. The molecule has 0 radical (unpaired) electrons. The Bertz CT molecular complexity index is 560. The predicted octanol–water partition coefficient (Wildman–Crippen LogP) is 3.72. The summed E-state index contributed by atoms with van der Waals surface area (Å²) in [6.45, 7) is 0.690. The van der Waals surface area contributed by atoms with Gasteiger partial charge in [0, 0.05) is 18.6 Å². The lowest BCUT2D eigenvalue weighted by Crippen LogP contribution is -2.18. The predicted molar refractivity (Wildman–Crippen MR) is 79.9 cm³/mol. The second-order valence-electron chi connectivity index (χ2n) is 4.02. The molecule has 0 unspecified atom stereocenters. The Morgan fingerprint density at radius 3 is 2.78 bits per heavy atom. The molecule has 0 atom stereocenters. The van der Waals surface area contributed by atoms with Gasteiger partial charge in [-0.25, -0.2) is 4.98 Å². The molecule has 0 aliphatic carbocycles. The van der Waals surface area contributed by atoms with Crippen LogP contribution in [-0.2, 0) is 6.54 Å². The van der Waals surface area contributed by atoms with Gasteiger partial charge in [-0.05, 0) is 33.6 Å². The molecule has 0 fully saturated rings. The van der Waals surface area contributed by atoms with Crippen LogP contribution in [0.4, 0.5) is 11.5 Å². The molecule has 2 aromatic rings. The average Bonchev–Trinajstić information content (AvgIpc) is 2.32. The minimum Gasteiger partial charge on any atom is -0.397 e. The minimum absolute atomic E-state index is 0.636. The third kappa shape index (κ3) is 2.94. The van der Waals surface area contributed by atoms with Crippen molar-refractivity contribution < 1.29 is 0 Å². The minimum atomic E-state index is 0.636. The van der Waals surface area contributed by atoms with Crippen LogP contribution in [0.1, 0.15) is 5.56 Å². The number of hydrogen-bond donors (Lipinski definition) is 1. The summed E-state index contributed by atoms with van der Waals surface area (Å²) < 4.78 is 0.872. The molecule has 18 heavy (non-hydrogen) atoms. The monoisotopic (exact) mass is 325 g/mol. The Labute approximate surface area is 120 Å². The fourth-order valence-electron chi connectivity index (χ4n) is 1.68. The van der Waals surface area contributed by atoms with E-state index in [4.69, 9.17) is 17.3 Å². The molecule has 0 bridgehead atoms. The number of rotatable bonds is 3. The van der Waals surface area contributed by atoms with E-state index >= 15 is 0 Å². The number of aromatic nitrogens is 1. The van der Waals surface area contributed by atoms with Crippen LogP contribution in [0.25, 0.3) is 0 Å². The Morgan fingerprint density at radius 2 is 2.11 bits per heavy atom. The van der Waals surface area contributed by atoms with Crippen molar-refractivity contribution in [2.24, 2.45) is 0 Å². The maximum Gasteiger partial charge on any atom is 0.143 e. The highest BCUT2D eigenvalue weighted by Gasteiger charge is 2.09. The van der Waals surface area contributed by atoms with E-state index in [1.165, 1.54) is 0 Å². The van der Waals surface area contributed by atoms with Crippen LogP contribution in [0, 0.1) is 0 Å². The van der Waals surface area contributed by atoms with Gasteiger partial charge in [0.15, 0.2) is 0 Å². The van der Waals surface area contributed by atoms with E-state index in [0.717, 1.165) is 20.9 Å². The standard InChI is InChI=1S/C13H13BrClN3/c1-18(8-9-4-2-3-5-12(9)15)13-11(14)6-10(16)7-17-13/h2-7H,8,16H2,1H3. The number of nitrogen functional groups attached to an aromatic ring is 1. The van der Waals surface area contributed by atoms with Gasteiger partial charge in [0.1, 0.15) is 5.82 Å². The molecule has 94 valence electrons. The lowest BCUT2D eigenvalue weighted by Gasteiger charge is -2.20. The number of nitrogens with two attached hydrogens (primary N) is 1. The molecule has 0 aliphatic rings. The molecule has 0 saturated carbocycles. The van der Waals surface area contributed by atoms with E-state index in [2.05, 4.69) is 20.9 Å². The van der Waals surface area contributed by atoms with Crippen LogP contribution in [0.3, 0.4) is 0 Å². The topological polar surface area (TPSA) is 42.2 Å². The number of pyridine rings is 1. The van der Waals surface area contributed by atoms with Gasteiger partial charge in [-0.3, -0.25) is 0 Å². The van der Waals surface area contributed by atoms with Gasteiger partial charge in [-0.2, -0.15) is 0 Å². The first-order valence-electron chi connectivity index (χ1n) is 5.43. The molecule has 1 heterocycles. The molecule has 2 rings (SSSR count). The maximum absolute atomic E-state index is 6.14. The van der Waals surface area contributed by atoms with Crippen molar-refractivity contribution in [1.29, 1.82) is 0 Å². The normalized spacial score (nSPS) is 10.4. The summed E-state index contributed by atoms with van der Waals surface area (Å²) in [4.78, 5) is 6.33. The molecular formula is C13H13BrClN3. The van der Waals surface area contributed by atoms with E-state index < -0.39 is 0 Å². The van der Waals surface area contributed by atoms with Crippen molar-refractivity contribution in [3.05, 3.63) is 51.6 Å². The largest absolute Gasteiger partial charge is 0.397 e. The summed E-state index contributed by atoms with van der Waals surface area (Å²) in [6, 6.07) is 9.62. The van der Waals surface area contributed by atoms with Gasteiger partial charge in [0.2, 0.25) is 0 Å². The number of anilines is 2. The zero-order chi connectivity index (χ0) is 13.1. The molecule has 0 aliphatic heterocycles. The van der Waals surface area contributed by atoms with Crippen LogP contribution in [-0.4, -0.2) is 12.0 Å². The van der Waals surface area contributed by atoms with Crippen LogP contribution in [0.2, 0.25) is 5.02 Å². The third-order valence-corrected chi connectivity index (χ3v) is 3.52. The van der Waals surface area contributed by atoms with E-state index in [0.29, 0.717) is 12.2 Å². The Balaban J connectivity index is 2.22. The first-order chi connectivity index (χ1) is 8.58. The lowest BCUT2D eigenvalue weighted by molar-refractivity contribution is 0.895. The van der Waals surface area contributed by atoms with Crippen LogP contribution < -0.4 is 10.6 Å². The maximum atomic E-state index is 6.14. The highest BCUT2D eigenvalue weighted by atomic mass is 79.9. The van der Waals surface area contributed by atoms with Gasteiger partial charge in [-0.1, -0.05) is 29.8 Å². The van der Waals surface area contributed by atoms with Gasteiger partial charge < -0.3 is 10.6 Å². The molecule has 3 nitrogen and oxygen atoms in total. The van der Waals surface area contributed by atoms with Crippen molar-refractivity contribution in [1.82, 2.24) is 4.98 Å². The van der Waals surface area contributed by atoms with Gasteiger partial charge >= 0.3 is 0 Å². The summed E-state index contributed by atoms with van der Waals surface area (Å²) >= 11 is 9.60. The second kappa shape index (κ2) is 5.59. The highest BCUT2D eigenvalue weighted by molar-refractivity contribution is 9.10. The van der Waals surface area contributed by atoms with E-state index in [1.807, 2.05) is 42.3 Å². The third-order valence-electron chi connectivity index (χ3n) is 2.57. The molecular weight excluding hydrogens is 314 g/mol. The molecule has 1 aromatic carbocycles. The van der Waals surface area contributed by atoms with Crippen LogP contribution in [0.5, 0.6) is 0 Å². The second-order valence-corrected chi connectivity index (χ2v) is 5.28. The summed E-state index contributed by atoms with van der Waals surface area (Å²) in [5.74, 6) is 0.837. The molecule has 0 amide bonds. The van der Waals surface area contributed by atoms with Crippen LogP contribution in [0.15, 0.2) is 41.0 Å². The fraction of sp³-hybridized carbons (Fsp3) is 0.154. The smallest absolute Gasteiger partial charge is 0.143 e. The van der Waals surface area contributed by atoms with Crippen molar-refractivity contribution >= 4 is 39.0 Å². The quantitative estimate of drug-likeness (QED) is 0.935. The van der Waals surface area contributed by atoms with Gasteiger partial charge in [0.25, 0.3) is 0 Å². The van der Waals surface area contributed by atoms with E-state index in [1.54, 1.807) is 6.20 Å². The van der Waals surface area contributed by atoms with Crippen molar-refractivity contribution in [3.8, 4) is 0 Å². The first kappa shape index (κ1) is 13.2. The Morgan fingerprint density at radius 1 is 1.39 bits per heavy atom. The van der Waals surface area contributed by atoms with E-state index in [-0.39, 0.29) is 0 Å². The molecule has 0 spiro atoms. The van der Waals surface area contributed by atoms with Crippen molar-refractivity contribution in [3.63, 3.8) is 0 Å². The lowest BCUT2D eigenvalue weighted by atomic mass is 10.2. The number of nitrogens with zero attached hydrogens (tertiary/aromatic N) is 2. The number of benzene rings is 1.